The summed E-state index contributed by atoms with van der Waals surface area (Å²) in [6, 6.07) is 1.91. The van der Waals surface area contributed by atoms with E-state index in [1.54, 1.807) is 0 Å². The van der Waals surface area contributed by atoms with Crippen molar-refractivity contribution in [3.05, 3.63) is 18.1 Å². The van der Waals surface area contributed by atoms with Crippen LogP contribution in [0.1, 0.15) is 51.3 Å². The molecule has 3 N–H and O–H groups in total. The van der Waals surface area contributed by atoms with Crippen molar-refractivity contribution in [2.45, 2.75) is 75.7 Å². The van der Waals surface area contributed by atoms with Crippen molar-refractivity contribution in [1.29, 1.82) is 0 Å². The van der Waals surface area contributed by atoms with Crippen molar-refractivity contribution in [3.63, 3.8) is 0 Å². The van der Waals surface area contributed by atoms with Crippen LogP contribution in [-0.2, 0) is 4.74 Å². The van der Waals surface area contributed by atoms with E-state index in [9.17, 15) is 13.9 Å². The normalized spacial score (nSPS) is 34.4. The van der Waals surface area contributed by atoms with Gasteiger partial charge in [0.2, 0.25) is 0 Å². The van der Waals surface area contributed by atoms with E-state index >= 15 is 0 Å². The first-order valence-electron chi connectivity index (χ1n) is 10.6. The Bertz CT molecular complexity index is 701. The highest BCUT2D eigenvalue weighted by Crippen LogP contribution is 2.40. The van der Waals surface area contributed by atoms with Crippen LogP contribution in [0.5, 0.6) is 0 Å². The van der Waals surface area contributed by atoms with Gasteiger partial charge >= 0.3 is 0 Å². The number of alkyl halides is 2. The summed E-state index contributed by atoms with van der Waals surface area (Å²) < 4.78 is 34.6. The van der Waals surface area contributed by atoms with E-state index in [0.717, 1.165) is 11.5 Å². The smallest absolute Gasteiger partial charge is 0.137 e. The first-order valence-corrected chi connectivity index (χ1v) is 10.6. The van der Waals surface area contributed by atoms with Gasteiger partial charge in [-0.2, -0.15) is 0 Å². The third kappa shape index (κ3) is 4.38. The number of piperidine rings is 1. The maximum Gasteiger partial charge on any atom is 0.137 e. The van der Waals surface area contributed by atoms with Gasteiger partial charge in [0.05, 0.1) is 30.6 Å². The van der Waals surface area contributed by atoms with Gasteiger partial charge in [0.15, 0.2) is 0 Å². The molecule has 2 saturated heterocycles. The average molecular weight is 411 g/mol. The molecule has 5 atom stereocenters. The molecule has 29 heavy (non-hydrogen) atoms. The van der Waals surface area contributed by atoms with E-state index in [1.807, 2.05) is 24.8 Å². The molecule has 3 fully saturated rings. The van der Waals surface area contributed by atoms with Crippen LogP contribution in [0.3, 0.4) is 0 Å². The lowest BCUT2D eigenvalue weighted by atomic mass is 9.78. The van der Waals surface area contributed by atoms with Gasteiger partial charge in [-0.1, -0.05) is 0 Å². The lowest BCUT2D eigenvalue weighted by molar-refractivity contribution is -0.0708. The molecule has 0 spiro atoms. The molecule has 0 amide bonds. The lowest BCUT2D eigenvalue weighted by Crippen LogP contribution is -2.45. The second-order valence-corrected chi connectivity index (χ2v) is 8.84. The molecule has 1 aromatic rings. The molecule has 162 valence electrons. The van der Waals surface area contributed by atoms with Gasteiger partial charge in [-0.3, -0.25) is 5.43 Å². The minimum Gasteiger partial charge on any atom is -0.393 e. The Balaban J connectivity index is 1.47. The molecule has 1 aromatic heterocycles. The van der Waals surface area contributed by atoms with E-state index in [4.69, 9.17) is 4.74 Å². The molecule has 9 heteroatoms. The molecule has 1 aliphatic carbocycles. The van der Waals surface area contributed by atoms with E-state index < -0.39 is 24.6 Å². The topological polar surface area (TPSA) is 82.5 Å². The SMILES string of the molecule is CC(C)OC1CC2C(CC1F)NNC2c1cc(N2CCC(F)(CO)CC2)ncn1. The Labute approximate surface area is 170 Å². The zero-order chi connectivity index (χ0) is 20.6. The molecule has 5 unspecified atom stereocenters. The van der Waals surface area contributed by atoms with Crippen LogP contribution in [0.2, 0.25) is 0 Å². The molecular formula is C20H31F2N5O2. The van der Waals surface area contributed by atoms with Gasteiger partial charge in [-0.25, -0.2) is 24.2 Å². The predicted octanol–water partition coefficient (Wildman–Crippen LogP) is 1.84. The van der Waals surface area contributed by atoms with Gasteiger partial charge in [0.1, 0.15) is 24.0 Å². The maximum atomic E-state index is 14.5. The molecule has 0 radical (unpaired) electrons. The predicted molar refractivity (Wildman–Crippen MR) is 105 cm³/mol. The molecule has 0 bridgehead atoms. The minimum atomic E-state index is -1.49. The zero-order valence-corrected chi connectivity index (χ0v) is 17.0. The summed E-state index contributed by atoms with van der Waals surface area (Å²) in [7, 11) is 0. The van der Waals surface area contributed by atoms with Crippen molar-refractivity contribution in [1.82, 2.24) is 20.8 Å². The van der Waals surface area contributed by atoms with Gasteiger partial charge in [0, 0.05) is 44.0 Å². The van der Waals surface area contributed by atoms with Gasteiger partial charge < -0.3 is 14.7 Å². The Morgan fingerprint density at radius 1 is 1.28 bits per heavy atom. The molecular weight excluding hydrogens is 380 g/mol. The highest BCUT2D eigenvalue weighted by atomic mass is 19.1. The highest BCUT2D eigenvalue weighted by Gasteiger charge is 2.46. The molecule has 0 aromatic carbocycles. The summed E-state index contributed by atoms with van der Waals surface area (Å²) in [6.07, 6.45) is 1.74. The number of anilines is 1. The van der Waals surface area contributed by atoms with E-state index in [2.05, 4.69) is 20.8 Å². The van der Waals surface area contributed by atoms with Gasteiger partial charge in [-0.15, -0.1) is 0 Å². The van der Waals surface area contributed by atoms with Crippen molar-refractivity contribution < 1.29 is 18.6 Å². The summed E-state index contributed by atoms with van der Waals surface area (Å²) in [6.45, 7) is 4.43. The number of hydrazine groups is 1. The number of nitrogens with one attached hydrogen (secondary N) is 2. The maximum absolute atomic E-state index is 14.5. The second-order valence-electron chi connectivity index (χ2n) is 8.84. The molecule has 3 heterocycles. The van der Waals surface area contributed by atoms with Crippen LogP contribution >= 0.6 is 0 Å². The number of aromatic nitrogens is 2. The zero-order valence-electron chi connectivity index (χ0n) is 17.0. The fourth-order valence-electron chi connectivity index (χ4n) is 4.77. The molecule has 1 saturated carbocycles. The Hall–Kier alpha value is -1.42. The number of fused-ring (bicyclic) bond motifs is 1. The van der Waals surface area contributed by atoms with Gasteiger partial charge in [0.25, 0.3) is 0 Å². The van der Waals surface area contributed by atoms with Crippen LogP contribution in [0, 0.1) is 5.92 Å². The highest BCUT2D eigenvalue weighted by molar-refractivity contribution is 5.40. The first-order chi connectivity index (χ1) is 13.9. The van der Waals surface area contributed by atoms with E-state index in [-0.39, 0.29) is 36.9 Å². The van der Waals surface area contributed by atoms with Crippen LogP contribution in [-0.4, -0.2) is 64.9 Å². The quantitative estimate of drug-likeness (QED) is 0.682. The van der Waals surface area contributed by atoms with E-state index in [0.29, 0.717) is 25.9 Å². The van der Waals surface area contributed by atoms with Crippen LogP contribution in [0.15, 0.2) is 12.4 Å². The third-order valence-electron chi connectivity index (χ3n) is 6.46. The molecule has 4 rings (SSSR count). The standard InChI is InChI=1S/C20H31F2N5O2/c1-12(2)29-17-7-13-15(8-14(17)21)25-26-19(13)16-9-18(24-11-23-16)27-5-3-20(22,10-28)4-6-27/h9,11-15,17,19,25-26,28H,3-8,10H2,1-2H3. The van der Waals surface area contributed by atoms with Crippen molar-refractivity contribution in [3.8, 4) is 0 Å². The average Bonchev–Trinajstić information content (AvgIpc) is 3.11. The van der Waals surface area contributed by atoms with Crippen molar-refractivity contribution in [2.24, 2.45) is 5.92 Å². The number of nitrogens with zero attached hydrogens (tertiary/aromatic N) is 3. The molecule has 3 aliphatic rings. The summed E-state index contributed by atoms with van der Waals surface area (Å²) in [5.41, 5.74) is 5.87. The number of aliphatic hydroxyl groups is 1. The number of halogens is 2. The van der Waals surface area contributed by atoms with Crippen LogP contribution in [0.4, 0.5) is 14.6 Å². The van der Waals surface area contributed by atoms with Crippen molar-refractivity contribution >= 4 is 5.82 Å². The number of ether oxygens (including phenoxy) is 1. The number of hydrogen-bond donors (Lipinski definition) is 3. The van der Waals surface area contributed by atoms with Crippen LogP contribution < -0.4 is 15.8 Å². The summed E-state index contributed by atoms with van der Waals surface area (Å²) in [5, 5.41) is 9.23. The van der Waals surface area contributed by atoms with Gasteiger partial charge in [-0.05, 0) is 26.7 Å². The Morgan fingerprint density at radius 2 is 2.03 bits per heavy atom. The minimum absolute atomic E-state index is 0.0122. The molecule has 2 aliphatic heterocycles. The number of hydrogen-bond acceptors (Lipinski definition) is 7. The number of rotatable bonds is 5. The largest absolute Gasteiger partial charge is 0.393 e. The fourth-order valence-corrected chi connectivity index (χ4v) is 4.77. The lowest BCUT2D eigenvalue weighted by Gasteiger charge is -2.37. The number of aliphatic hydroxyl groups excluding tert-OH is 1. The van der Waals surface area contributed by atoms with Crippen molar-refractivity contribution in [2.75, 3.05) is 24.6 Å². The summed E-state index contributed by atoms with van der Waals surface area (Å²) in [4.78, 5) is 10.9. The van der Waals surface area contributed by atoms with Crippen LogP contribution in [0.25, 0.3) is 0 Å². The third-order valence-corrected chi connectivity index (χ3v) is 6.46. The summed E-state index contributed by atoms with van der Waals surface area (Å²) in [5.74, 6) is 0.928. The van der Waals surface area contributed by atoms with E-state index in [1.165, 1.54) is 6.33 Å². The Morgan fingerprint density at radius 3 is 2.72 bits per heavy atom. The first kappa shape index (κ1) is 20.8. The Kier molecular flexibility index (Phi) is 6.02. The monoisotopic (exact) mass is 411 g/mol. The second kappa shape index (κ2) is 8.37. The fraction of sp³-hybridized carbons (Fsp3) is 0.800. The molecule has 7 nitrogen and oxygen atoms in total. The summed E-state index contributed by atoms with van der Waals surface area (Å²) >= 11 is 0.